The molecule has 1 aliphatic heterocycles. The van der Waals surface area contributed by atoms with E-state index in [9.17, 15) is 18.3 Å². The van der Waals surface area contributed by atoms with Gasteiger partial charge in [-0.15, -0.1) is 0 Å². The highest BCUT2D eigenvalue weighted by atomic mass is 35.5. The highest BCUT2D eigenvalue weighted by Crippen LogP contribution is 2.26. The van der Waals surface area contributed by atoms with Crippen molar-refractivity contribution in [3.63, 3.8) is 0 Å². The first-order valence-electron chi connectivity index (χ1n) is 8.30. The lowest BCUT2D eigenvalue weighted by molar-refractivity contribution is -0.115. The molecule has 1 amide bonds. The summed E-state index contributed by atoms with van der Waals surface area (Å²) in [6.45, 7) is -0.146. The summed E-state index contributed by atoms with van der Waals surface area (Å²) in [5, 5.41) is 13.4. The summed E-state index contributed by atoms with van der Waals surface area (Å²) in [7, 11) is -3.38. The number of aliphatic hydroxyl groups excluding tert-OH is 1. The van der Waals surface area contributed by atoms with Crippen molar-refractivity contribution in [1.82, 2.24) is 0 Å². The fraction of sp³-hybridized carbons (Fsp3) is 0.278. The molecule has 27 heavy (non-hydrogen) atoms. The van der Waals surface area contributed by atoms with E-state index < -0.39 is 22.0 Å². The number of carbonyl (C=O) groups excluding carboxylic acids is 1. The summed E-state index contributed by atoms with van der Waals surface area (Å²) in [4.78, 5) is 14.2. The molecule has 2 aromatic rings. The van der Waals surface area contributed by atoms with E-state index in [0.717, 1.165) is 0 Å². The van der Waals surface area contributed by atoms with E-state index in [0.29, 0.717) is 22.1 Å². The van der Waals surface area contributed by atoms with E-state index >= 15 is 0 Å². The molecule has 1 aliphatic rings. The molecule has 1 fully saturated rings. The van der Waals surface area contributed by atoms with Crippen molar-refractivity contribution in [2.75, 3.05) is 34.0 Å². The quantitative estimate of drug-likeness (QED) is 0.645. The lowest BCUT2D eigenvalue weighted by Crippen LogP contribution is -2.47. The molecule has 3 rings (SSSR count). The monoisotopic (exact) mass is 409 g/mol. The zero-order chi connectivity index (χ0) is 19.6. The van der Waals surface area contributed by atoms with Crippen molar-refractivity contribution in [2.24, 2.45) is 0 Å². The first-order chi connectivity index (χ1) is 12.7. The van der Waals surface area contributed by atoms with Crippen LogP contribution in [0.2, 0.25) is 5.02 Å². The number of nitrogens with two attached hydrogens (primary N) is 1. The SMILES string of the molecule is Nc1ccc(N(CC(=O)Nc2ccccc2Cl)C2CS(=O)(=O)CC2O)cc1. The van der Waals surface area contributed by atoms with Crippen molar-refractivity contribution < 1.29 is 18.3 Å². The molecule has 0 aromatic heterocycles. The van der Waals surface area contributed by atoms with E-state index in [-0.39, 0.29) is 24.0 Å². The van der Waals surface area contributed by atoms with Gasteiger partial charge in [0.05, 0.1) is 40.9 Å². The second kappa shape index (κ2) is 7.75. The summed E-state index contributed by atoms with van der Waals surface area (Å²) in [5.74, 6) is -0.927. The van der Waals surface area contributed by atoms with Gasteiger partial charge < -0.3 is 21.1 Å². The van der Waals surface area contributed by atoms with Crippen molar-refractivity contribution >= 4 is 44.4 Å². The average molecular weight is 410 g/mol. The zero-order valence-corrected chi connectivity index (χ0v) is 15.9. The Hall–Kier alpha value is -2.29. The summed E-state index contributed by atoms with van der Waals surface area (Å²) in [5.41, 5.74) is 7.31. The number of amides is 1. The van der Waals surface area contributed by atoms with Crippen molar-refractivity contribution in [1.29, 1.82) is 0 Å². The number of nitrogen functional groups attached to an aromatic ring is 1. The van der Waals surface area contributed by atoms with Crippen LogP contribution >= 0.6 is 11.6 Å². The summed E-state index contributed by atoms with van der Waals surface area (Å²) in [6.07, 6.45) is -1.08. The minimum atomic E-state index is -3.38. The molecular formula is C18H20ClN3O4S. The number of aliphatic hydroxyl groups is 1. The Bertz CT molecular complexity index is 934. The second-order valence-electron chi connectivity index (χ2n) is 6.46. The van der Waals surface area contributed by atoms with E-state index in [1.54, 1.807) is 53.4 Å². The Morgan fingerprint density at radius 3 is 2.44 bits per heavy atom. The minimum Gasteiger partial charge on any atom is -0.399 e. The number of nitrogens with one attached hydrogen (secondary N) is 1. The predicted molar refractivity (Wildman–Crippen MR) is 107 cm³/mol. The molecule has 2 aromatic carbocycles. The number of anilines is 3. The molecule has 0 spiro atoms. The standard InChI is InChI=1S/C18H20ClN3O4S/c19-14-3-1-2-4-15(14)21-18(24)9-22(13-7-5-12(20)6-8-13)16-10-27(25,26)11-17(16)23/h1-8,16-17,23H,9-11,20H2,(H,21,24). The molecular weight excluding hydrogens is 390 g/mol. The van der Waals surface area contributed by atoms with Crippen molar-refractivity contribution in [3.05, 3.63) is 53.6 Å². The van der Waals surface area contributed by atoms with E-state index in [2.05, 4.69) is 5.32 Å². The van der Waals surface area contributed by atoms with Crippen LogP contribution in [-0.2, 0) is 14.6 Å². The smallest absolute Gasteiger partial charge is 0.243 e. The first-order valence-corrected chi connectivity index (χ1v) is 10.5. The Morgan fingerprint density at radius 1 is 1.19 bits per heavy atom. The van der Waals surface area contributed by atoms with Gasteiger partial charge in [0.1, 0.15) is 0 Å². The molecule has 9 heteroatoms. The van der Waals surface area contributed by atoms with Crippen LogP contribution in [0.1, 0.15) is 0 Å². The highest BCUT2D eigenvalue weighted by molar-refractivity contribution is 7.91. The van der Waals surface area contributed by atoms with Gasteiger partial charge in [0, 0.05) is 11.4 Å². The van der Waals surface area contributed by atoms with Gasteiger partial charge in [-0.1, -0.05) is 23.7 Å². The van der Waals surface area contributed by atoms with Crippen LogP contribution in [0.4, 0.5) is 17.1 Å². The third-order valence-corrected chi connectivity index (χ3v) is 6.41. The molecule has 0 bridgehead atoms. The topological polar surface area (TPSA) is 113 Å². The lowest BCUT2D eigenvalue weighted by Gasteiger charge is -2.32. The fourth-order valence-corrected chi connectivity index (χ4v) is 5.07. The van der Waals surface area contributed by atoms with Crippen LogP contribution in [0, 0.1) is 0 Å². The van der Waals surface area contributed by atoms with Crippen molar-refractivity contribution in [2.45, 2.75) is 12.1 Å². The van der Waals surface area contributed by atoms with E-state index in [1.165, 1.54) is 0 Å². The van der Waals surface area contributed by atoms with Crippen LogP contribution in [-0.4, -0.2) is 49.6 Å². The largest absolute Gasteiger partial charge is 0.399 e. The van der Waals surface area contributed by atoms with E-state index in [1.807, 2.05) is 0 Å². The van der Waals surface area contributed by atoms with E-state index in [4.69, 9.17) is 17.3 Å². The fourth-order valence-electron chi connectivity index (χ4n) is 3.08. The highest BCUT2D eigenvalue weighted by Gasteiger charge is 2.40. The first kappa shape index (κ1) is 19.5. The van der Waals surface area contributed by atoms with Gasteiger partial charge in [0.15, 0.2) is 9.84 Å². The molecule has 1 saturated heterocycles. The van der Waals surface area contributed by atoms with Crippen LogP contribution in [0.25, 0.3) is 0 Å². The predicted octanol–water partition coefficient (Wildman–Crippen LogP) is 1.53. The van der Waals surface area contributed by atoms with Crippen LogP contribution in [0.5, 0.6) is 0 Å². The maximum atomic E-state index is 12.6. The second-order valence-corrected chi connectivity index (χ2v) is 9.02. The Morgan fingerprint density at radius 2 is 1.85 bits per heavy atom. The summed E-state index contributed by atoms with van der Waals surface area (Å²) >= 11 is 6.07. The van der Waals surface area contributed by atoms with Crippen LogP contribution in [0.3, 0.4) is 0 Å². The Kier molecular flexibility index (Phi) is 5.59. The number of nitrogens with zero attached hydrogens (tertiary/aromatic N) is 1. The number of carbonyl (C=O) groups is 1. The molecule has 0 aliphatic carbocycles. The van der Waals surface area contributed by atoms with Gasteiger partial charge in [-0.05, 0) is 36.4 Å². The number of hydrogen-bond acceptors (Lipinski definition) is 6. The molecule has 144 valence electrons. The zero-order valence-electron chi connectivity index (χ0n) is 14.4. The minimum absolute atomic E-state index is 0.146. The van der Waals surface area contributed by atoms with Crippen LogP contribution in [0.15, 0.2) is 48.5 Å². The number of para-hydroxylation sites is 1. The number of halogens is 1. The average Bonchev–Trinajstić information content (AvgIpc) is 2.88. The maximum Gasteiger partial charge on any atom is 0.243 e. The number of rotatable bonds is 5. The third kappa shape index (κ3) is 4.71. The molecule has 0 radical (unpaired) electrons. The van der Waals surface area contributed by atoms with Gasteiger partial charge in [0.25, 0.3) is 0 Å². The summed E-state index contributed by atoms with van der Waals surface area (Å²) < 4.78 is 23.9. The van der Waals surface area contributed by atoms with Gasteiger partial charge in [-0.25, -0.2) is 8.42 Å². The Balaban J connectivity index is 1.85. The summed E-state index contributed by atoms with van der Waals surface area (Å²) in [6, 6.07) is 12.8. The molecule has 7 nitrogen and oxygen atoms in total. The van der Waals surface area contributed by atoms with Crippen molar-refractivity contribution in [3.8, 4) is 0 Å². The molecule has 2 unspecified atom stereocenters. The van der Waals surface area contributed by atoms with Gasteiger partial charge >= 0.3 is 0 Å². The van der Waals surface area contributed by atoms with Crippen LogP contribution < -0.4 is 16.0 Å². The molecule has 4 N–H and O–H groups in total. The van der Waals surface area contributed by atoms with Gasteiger partial charge in [0.2, 0.25) is 5.91 Å². The molecule has 1 heterocycles. The third-order valence-electron chi connectivity index (χ3n) is 4.38. The molecule has 0 saturated carbocycles. The lowest BCUT2D eigenvalue weighted by atomic mass is 10.1. The normalized spacial score (nSPS) is 21.0. The number of benzene rings is 2. The number of sulfone groups is 1. The maximum absolute atomic E-state index is 12.6. The molecule has 2 atom stereocenters. The number of hydrogen-bond donors (Lipinski definition) is 3. The Labute approximate surface area is 162 Å². The van der Waals surface area contributed by atoms with Gasteiger partial charge in [-0.3, -0.25) is 4.79 Å². The van der Waals surface area contributed by atoms with Gasteiger partial charge in [-0.2, -0.15) is 0 Å².